The first-order valence-corrected chi connectivity index (χ1v) is 9.63. The molecule has 2 rings (SSSR count). The zero-order chi connectivity index (χ0) is 18.4. The van der Waals surface area contributed by atoms with Crippen LogP contribution in [0.3, 0.4) is 0 Å². The standard InChI is InChI=1S/C15H23N5O4S/c1-4-9-16-15(21)11-24-20-14-10-12(7-8-13(14)17-18-20)25(22,23)19(5-2)6-3/h7-8,10H,4-6,9,11H2,1-3H3,(H,16,21). The van der Waals surface area contributed by atoms with Gasteiger partial charge < -0.3 is 10.2 Å². The van der Waals surface area contributed by atoms with Gasteiger partial charge in [-0.2, -0.15) is 4.31 Å². The fourth-order valence-electron chi connectivity index (χ4n) is 2.28. The van der Waals surface area contributed by atoms with Gasteiger partial charge in [-0.05, 0) is 29.8 Å². The van der Waals surface area contributed by atoms with Crippen LogP contribution in [-0.2, 0) is 14.8 Å². The number of amides is 1. The predicted octanol–water partition coefficient (Wildman–Crippen LogP) is 0.417. The van der Waals surface area contributed by atoms with Gasteiger partial charge in [0.05, 0.1) is 4.90 Å². The van der Waals surface area contributed by atoms with Crippen molar-refractivity contribution >= 4 is 27.0 Å². The van der Waals surface area contributed by atoms with Crippen molar-refractivity contribution in [3.63, 3.8) is 0 Å². The fraction of sp³-hybridized carbons (Fsp3) is 0.533. The zero-order valence-corrected chi connectivity index (χ0v) is 15.4. The Kier molecular flexibility index (Phi) is 6.32. The van der Waals surface area contributed by atoms with E-state index in [2.05, 4.69) is 15.6 Å². The molecule has 0 radical (unpaired) electrons. The van der Waals surface area contributed by atoms with E-state index in [9.17, 15) is 13.2 Å². The molecule has 0 saturated carbocycles. The van der Waals surface area contributed by atoms with E-state index in [0.29, 0.717) is 30.7 Å². The van der Waals surface area contributed by atoms with Crippen LogP contribution < -0.4 is 10.2 Å². The smallest absolute Gasteiger partial charge is 0.260 e. The summed E-state index contributed by atoms with van der Waals surface area (Å²) in [5, 5.41) is 10.4. The van der Waals surface area contributed by atoms with Crippen molar-refractivity contribution in [2.24, 2.45) is 0 Å². The van der Waals surface area contributed by atoms with Crippen molar-refractivity contribution in [3.05, 3.63) is 18.2 Å². The molecule has 0 bridgehead atoms. The van der Waals surface area contributed by atoms with Gasteiger partial charge in [-0.1, -0.05) is 25.6 Å². The van der Waals surface area contributed by atoms with E-state index in [1.54, 1.807) is 19.9 Å². The highest BCUT2D eigenvalue weighted by atomic mass is 32.2. The third kappa shape index (κ3) is 4.26. The van der Waals surface area contributed by atoms with E-state index in [1.807, 2.05) is 6.92 Å². The third-order valence-corrected chi connectivity index (χ3v) is 5.67. The zero-order valence-electron chi connectivity index (χ0n) is 14.6. The molecule has 0 saturated heterocycles. The minimum atomic E-state index is -3.60. The SMILES string of the molecule is CCCNC(=O)COn1nnc2ccc(S(=O)(=O)N(CC)CC)cc21. The number of rotatable bonds is 9. The van der Waals surface area contributed by atoms with Crippen molar-refractivity contribution in [1.82, 2.24) is 24.8 Å². The number of carbonyl (C=O) groups is 1. The molecule has 0 aliphatic heterocycles. The number of sulfonamides is 1. The maximum atomic E-state index is 12.6. The van der Waals surface area contributed by atoms with Crippen molar-refractivity contribution in [3.8, 4) is 0 Å². The Balaban J connectivity index is 2.26. The molecule has 0 unspecified atom stereocenters. The molecule has 0 atom stereocenters. The highest BCUT2D eigenvalue weighted by Crippen LogP contribution is 2.20. The van der Waals surface area contributed by atoms with Crippen LogP contribution in [0.4, 0.5) is 0 Å². The van der Waals surface area contributed by atoms with E-state index < -0.39 is 10.0 Å². The van der Waals surface area contributed by atoms with Crippen LogP contribution in [-0.4, -0.2) is 60.0 Å². The van der Waals surface area contributed by atoms with Crippen molar-refractivity contribution in [2.45, 2.75) is 32.1 Å². The summed E-state index contributed by atoms with van der Waals surface area (Å²) in [4.78, 5) is 18.2. The highest BCUT2D eigenvalue weighted by molar-refractivity contribution is 7.89. The lowest BCUT2D eigenvalue weighted by molar-refractivity contribution is -0.126. The molecule has 0 aliphatic rings. The Morgan fingerprint density at radius 2 is 2.00 bits per heavy atom. The van der Waals surface area contributed by atoms with Gasteiger partial charge in [0.15, 0.2) is 6.61 Å². The molecule has 25 heavy (non-hydrogen) atoms. The quantitative estimate of drug-likeness (QED) is 0.686. The number of hydrogen-bond donors (Lipinski definition) is 1. The minimum Gasteiger partial charge on any atom is -0.385 e. The van der Waals surface area contributed by atoms with E-state index in [1.165, 1.54) is 16.4 Å². The third-order valence-electron chi connectivity index (χ3n) is 3.62. The van der Waals surface area contributed by atoms with Gasteiger partial charge in [-0.15, -0.1) is 5.10 Å². The summed E-state index contributed by atoms with van der Waals surface area (Å²) in [6, 6.07) is 4.51. The maximum Gasteiger partial charge on any atom is 0.260 e. The first-order valence-electron chi connectivity index (χ1n) is 8.19. The topological polar surface area (TPSA) is 106 Å². The van der Waals surface area contributed by atoms with Gasteiger partial charge in [0.1, 0.15) is 11.0 Å². The Labute approximate surface area is 146 Å². The Morgan fingerprint density at radius 1 is 1.28 bits per heavy atom. The number of nitrogens with one attached hydrogen (secondary N) is 1. The molecule has 1 heterocycles. The summed E-state index contributed by atoms with van der Waals surface area (Å²) in [6.45, 7) is 6.60. The summed E-state index contributed by atoms with van der Waals surface area (Å²) >= 11 is 0. The largest absolute Gasteiger partial charge is 0.385 e. The van der Waals surface area contributed by atoms with Crippen LogP contribution in [0.25, 0.3) is 11.0 Å². The minimum absolute atomic E-state index is 0.131. The molecule has 10 heteroatoms. The number of carbonyl (C=O) groups excluding carboxylic acids is 1. The van der Waals surface area contributed by atoms with Crippen LogP contribution in [0.5, 0.6) is 0 Å². The average Bonchev–Trinajstić information content (AvgIpc) is 3.01. The van der Waals surface area contributed by atoms with Crippen molar-refractivity contribution in [1.29, 1.82) is 0 Å². The van der Waals surface area contributed by atoms with Gasteiger partial charge in [0.25, 0.3) is 5.91 Å². The molecule has 1 amide bonds. The second-order valence-corrected chi connectivity index (χ2v) is 7.26. The lowest BCUT2D eigenvalue weighted by atomic mass is 10.3. The number of benzene rings is 1. The molecule has 1 aromatic heterocycles. The number of aromatic nitrogens is 3. The number of fused-ring (bicyclic) bond motifs is 1. The van der Waals surface area contributed by atoms with Crippen LogP contribution in [0.2, 0.25) is 0 Å². The molecule has 1 N–H and O–H groups in total. The molecular weight excluding hydrogens is 346 g/mol. The first kappa shape index (κ1) is 19.1. The van der Waals surface area contributed by atoms with Crippen LogP contribution >= 0.6 is 0 Å². The first-order chi connectivity index (χ1) is 11.9. The Hall–Kier alpha value is -2.20. The molecule has 1 aromatic carbocycles. The summed E-state index contributed by atoms with van der Waals surface area (Å²) in [5.74, 6) is -0.280. The molecule has 0 aliphatic carbocycles. The van der Waals surface area contributed by atoms with Gasteiger partial charge in [0, 0.05) is 19.6 Å². The van der Waals surface area contributed by atoms with Gasteiger partial charge >= 0.3 is 0 Å². The van der Waals surface area contributed by atoms with Crippen molar-refractivity contribution < 1.29 is 18.0 Å². The summed E-state index contributed by atoms with van der Waals surface area (Å²) in [5.41, 5.74) is 0.865. The second kappa shape index (κ2) is 8.26. The summed E-state index contributed by atoms with van der Waals surface area (Å²) in [7, 11) is -3.60. The Bertz CT molecular complexity index is 830. The highest BCUT2D eigenvalue weighted by Gasteiger charge is 2.23. The van der Waals surface area contributed by atoms with E-state index in [-0.39, 0.29) is 17.4 Å². The van der Waals surface area contributed by atoms with Crippen molar-refractivity contribution in [2.75, 3.05) is 26.2 Å². The molecule has 138 valence electrons. The van der Waals surface area contributed by atoms with E-state index >= 15 is 0 Å². The van der Waals surface area contributed by atoms with Crippen LogP contribution in [0.1, 0.15) is 27.2 Å². The van der Waals surface area contributed by atoms with Crippen LogP contribution in [0.15, 0.2) is 23.1 Å². The van der Waals surface area contributed by atoms with Crippen LogP contribution in [0, 0.1) is 0 Å². The molecule has 2 aromatic rings. The fourth-order valence-corrected chi connectivity index (χ4v) is 3.76. The normalized spacial score (nSPS) is 11.8. The van der Waals surface area contributed by atoms with Gasteiger partial charge in [-0.25, -0.2) is 8.42 Å². The van der Waals surface area contributed by atoms with E-state index in [4.69, 9.17) is 4.84 Å². The Morgan fingerprint density at radius 3 is 2.64 bits per heavy atom. The molecule has 0 fully saturated rings. The second-order valence-electron chi connectivity index (χ2n) is 5.33. The number of nitrogens with zero attached hydrogens (tertiary/aromatic N) is 4. The lowest BCUT2D eigenvalue weighted by Crippen LogP contribution is -2.32. The maximum absolute atomic E-state index is 12.6. The molecule has 9 nitrogen and oxygen atoms in total. The molecular formula is C15H23N5O4S. The van der Waals surface area contributed by atoms with E-state index in [0.717, 1.165) is 11.3 Å². The summed E-state index contributed by atoms with van der Waals surface area (Å²) < 4.78 is 26.6. The molecule has 0 spiro atoms. The van der Waals surface area contributed by atoms with Gasteiger partial charge in [-0.3, -0.25) is 4.79 Å². The number of hydrogen-bond acceptors (Lipinski definition) is 6. The monoisotopic (exact) mass is 369 g/mol. The average molecular weight is 369 g/mol. The predicted molar refractivity (Wildman–Crippen MR) is 92.4 cm³/mol. The lowest BCUT2D eigenvalue weighted by Gasteiger charge is -2.18. The summed E-state index contributed by atoms with van der Waals surface area (Å²) in [6.07, 6.45) is 0.824. The van der Waals surface area contributed by atoms with Gasteiger partial charge in [0.2, 0.25) is 10.0 Å².